The van der Waals surface area contributed by atoms with Gasteiger partial charge in [-0.25, -0.2) is 14.6 Å². The van der Waals surface area contributed by atoms with Crippen LogP contribution in [0.5, 0.6) is 0 Å². The van der Waals surface area contributed by atoms with Crippen molar-refractivity contribution in [2.75, 3.05) is 0 Å². The summed E-state index contributed by atoms with van der Waals surface area (Å²) in [6.07, 6.45) is 1.87. The van der Waals surface area contributed by atoms with Gasteiger partial charge in [0.05, 0.1) is 0 Å². The van der Waals surface area contributed by atoms with Crippen LogP contribution in [-0.2, 0) is 16.1 Å². The molecular formula is C16H12ClIN2O4. The number of alkyl carbamates (subject to hydrolysis) is 1. The molecule has 8 heteroatoms. The van der Waals surface area contributed by atoms with Gasteiger partial charge in [0.15, 0.2) is 0 Å². The number of carbonyl (C=O) groups is 2. The fourth-order valence-corrected chi connectivity index (χ4v) is 2.66. The van der Waals surface area contributed by atoms with E-state index in [0.717, 1.165) is 5.56 Å². The highest BCUT2D eigenvalue weighted by molar-refractivity contribution is 14.1. The third kappa shape index (κ3) is 5.20. The second-order valence-electron chi connectivity index (χ2n) is 4.55. The van der Waals surface area contributed by atoms with Crippen LogP contribution in [0.15, 0.2) is 48.3 Å². The first-order chi connectivity index (χ1) is 11.5. The van der Waals surface area contributed by atoms with Crippen LogP contribution in [0.2, 0.25) is 5.15 Å². The molecule has 0 fully saturated rings. The summed E-state index contributed by atoms with van der Waals surface area (Å²) >= 11 is 7.95. The Bertz CT molecular complexity index is 761. The summed E-state index contributed by atoms with van der Waals surface area (Å²) in [7, 11) is 0. The molecule has 6 nitrogen and oxygen atoms in total. The molecule has 1 aromatic heterocycles. The van der Waals surface area contributed by atoms with Crippen LogP contribution in [0.3, 0.4) is 0 Å². The first kappa shape index (κ1) is 18.2. The van der Waals surface area contributed by atoms with Crippen LogP contribution < -0.4 is 5.32 Å². The number of benzene rings is 1. The van der Waals surface area contributed by atoms with Crippen LogP contribution >= 0.6 is 34.2 Å². The number of pyridine rings is 1. The second-order valence-corrected chi connectivity index (χ2v) is 6.07. The molecule has 2 N–H and O–H groups in total. The van der Waals surface area contributed by atoms with Gasteiger partial charge in [0.2, 0.25) is 0 Å². The summed E-state index contributed by atoms with van der Waals surface area (Å²) in [5.74, 6) is -1.32. The second kappa shape index (κ2) is 8.65. The van der Waals surface area contributed by atoms with Gasteiger partial charge in [0.1, 0.15) is 17.5 Å². The first-order valence-electron chi connectivity index (χ1n) is 6.70. The van der Waals surface area contributed by atoms with Crippen molar-refractivity contribution in [1.29, 1.82) is 0 Å². The number of hydrogen-bond acceptors (Lipinski definition) is 4. The Hall–Kier alpha value is -2.13. The number of carbonyl (C=O) groups excluding carboxylic acids is 1. The Kier molecular flexibility index (Phi) is 6.56. The Labute approximate surface area is 156 Å². The van der Waals surface area contributed by atoms with Crippen molar-refractivity contribution < 1.29 is 19.4 Å². The van der Waals surface area contributed by atoms with E-state index in [-0.39, 0.29) is 17.5 Å². The summed E-state index contributed by atoms with van der Waals surface area (Å²) in [6, 6.07) is 10.7. The molecule has 2 rings (SSSR count). The molecule has 2 aromatic rings. The van der Waals surface area contributed by atoms with Gasteiger partial charge < -0.3 is 9.84 Å². The normalized spacial score (nSPS) is 11.0. The lowest BCUT2D eigenvalue weighted by molar-refractivity contribution is -0.132. The molecule has 0 spiro atoms. The van der Waals surface area contributed by atoms with Crippen LogP contribution in [0, 0.1) is 3.57 Å². The molecule has 1 heterocycles. The number of nitrogens with zero attached hydrogens (tertiary/aromatic N) is 1. The Morgan fingerprint density at radius 2 is 2.00 bits per heavy atom. The van der Waals surface area contributed by atoms with Gasteiger partial charge >= 0.3 is 12.1 Å². The lowest BCUT2D eigenvalue weighted by Crippen LogP contribution is -2.27. The lowest BCUT2D eigenvalue weighted by atomic mass is 10.2. The quantitative estimate of drug-likeness (QED) is 0.405. The number of amides is 1. The van der Waals surface area contributed by atoms with E-state index in [2.05, 4.69) is 10.3 Å². The number of aromatic nitrogens is 1. The Balaban J connectivity index is 2.10. The van der Waals surface area contributed by atoms with E-state index in [9.17, 15) is 14.7 Å². The van der Waals surface area contributed by atoms with E-state index in [4.69, 9.17) is 16.3 Å². The van der Waals surface area contributed by atoms with Crippen LogP contribution in [0.25, 0.3) is 6.08 Å². The smallest absolute Gasteiger partial charge is 0.412 e. The van der Waals surface area contributed by atoms with Crippen molar-refractivity contribution in [3.8, 4) is 0 Å². The van der Waals surface area contributed by atoms with E-state index in [1.165, 1.54) is 12.3 Å². The van der Waals surface area contributed by atoms with E-state index >= 15 is 0 Å². The molecular weight excluding hydrogens is 447 g/mol. The molecule has 0 aliphatic carbocycles. The van der Waals surface area contributed by atoms with E-state index in [1.807, 2.05) is 40.8 Å². The minimum atomic E-state index is -1.32. The van der Waals surface area contributed by atoms with E-state index in [0.29, 0.717) is 9.13 Å². The largest absolute Gasteiger partial charge is 0.477 e. The maximum absolute atomic E-state index is 11.8. The molecule has 1 amide bonds. The fourth-order valence-electron chi connectivity index (χ4n) is 1.72. The fraction of sp³-hybridized carbons (Fsp3) is 0.0625. The minimum Gasteiger partial charge on any atom is -0.477 e. The SMILES string of the molecule is O=C(NC(=Cc1c(I)ccnc1Cl)C(=O)O)OCc1ccccc1. The van der Waals surface area contributed by atoms with Crippen LogP contribution in [-0.4, -0.2) is 22.2 Å². The van der Waals surface area contributed by atoms with Crippen molar-refractivity contribution in [2.24, 2.45) is 0 Å². The third-order valence-corrected chi connectivity index (χ3v) is 4.10. The summed E-state index contributed by atoms with van der Waals surface area (Å²) in [5, 5.41) is 11.6. The summed E-state index contributed by atoms with van der Waals surface area (Å²) in [5.41, 5.74) is 0.833. The number of carboxylic acids is 1. The Morgan fingerprint density at radius 1 is 1.29 bits per heavy atom. The van der Waals surface area contributed by atoms with Gasteiger partial charge in [-0.15, -0.1) is 0 Å². The number of ether oxygens (including phenoxy) is 1. The zero-order chi connectivity index (χ0) is 17.5. The van der Waals surface area contributed by atoms with Crippen molar-refractivity contribution in [3.05, 3.63) is 68.1 Å². The number of hydrogen-bond donors (Lipinski definition) is 2. The number of rotatable bonds is 5. The monoisotopic (exact) mass is 458 g/mol. The highest BCUT2D eigenvalue weighted by atomic mass is 127. The standard InChI is InChI=1S/C16H12ClIN2O4/c17-14-11(12(18)6-7-19-14)8-13(15(21)22)20-16(23)24-9-10-4-2-1-3-5-10/h1-8H,9H2,(H,20,23)(H,21,22). The topological polar surface area (TPSA) is 88.5 Å². The molecule has 0 radical (unpaired) electrons. The van der Waals surface area contributed by atoms with Gasteiger partial charge in [0, 0.05) is 15.3 Å². The first-order valence-corrected chi connectivity index (χ1v) is 8.15. The maximum atomic E-state index is 11.8. The summed E-state index contributed by atoms with van der Waals surface area (Å²) in [4.78, 5) is 27.0. The number of aliphatic carboxylic acids is 1. The number of halogens is 2. The molecule has 0 atom stereocenters. The summed E-state index contributed by atoms with van der Waals surface area (Å²) in [6.45, 7) is 0.0325. The van der Waals surface area contributed by atoms with Crippen LogP contribution in [0.4, 0.5) is 4.79 Å². The average Bonchev–Trinajstić information content (AvgIpc) is 2.56. The molecule has 1 aromatic carbocycles. The molecule has 0 aliphatic heterocycles. The van der Waals surface area contributed by atoms with Crippen molar-refractivity contribution >= 4 is 52.3 Å². The zero-order valence-corrected chi connectivity index (χ0v) is 15.1. The molecule has 0 unspecified atom stereocenters. The van der Waals surface area contributed by atoms with E-state index in [1.54, 1.807) is 18.2 Å². The molecule has 0 saturated heterocycles. The predicted molar refractivity (Wildman–Crippen MR) is 97.3 cm³/mol. The Morgan fingerprint density at radius 3 is 2.62 bits per heavy atom. The van der Waals surface area contributed by atoms with Gasteiger partial charge in [-0.2, -0.15) is 0 Å². The van der Waals surface area contributed by atoms with Crippen molar-refractivity contribution in [3.63, 3.8) is 0 Å². The maximum Gasteiger partial charge on any atom is 0.412 e. The van der Waals surface area contributed by atoms with Crippen LogP contribution in [0.1, 0.15) is 11.1 Å². The summed E-state index contributed by atoms with van der Waals surface area (Å²) < 4.78 is 5.70. The molecule has 24 heavy (non-hydrogen) atoms. The van der Waals surface area contributed by atoms with Crippen molar-refractivity contribution in [1.82, 2.24) is 10.3 Å². The lowest BCUT2D eigenvalue weighted by Gasteiger charge is -2.08. The number of nitrogens with one attached hydrogen (secondary N) is 1. The molecule has 0 saturated carbocycles. The third-order valence-electron chi connectivity index (χ3n) is 2.86. The molecule has 0 bridgehead atoms. The molecule has 0 aliphatic rings. The van der Waals surface area contributed by atoms with Gasteiger partial charge in [-0.3, -0.25) is 5.32 Å². The average molecular weight is 459 g/mol. The molecule has 124 valence electrons. The predicted octanol–water partition coefficient (Wildman–Crippen LogP) is 3.69. The minimum absolute atomic E-state index is 0.0325. The van der Waals surface area contributed by atoms with E-state index < -0.39 is 12.1 Å². The highest BCUT2D eigenvalue weighted by Crippen LogP contribution is 2.21. The highest BCUT2D eigenvalue weighted by Gasteiger charge is 2.15. The van der Waals surface area contributed by atoms with Gasteiger partial charge in [-0.1, -0.05) is 41.9 Å². The van der Waals surface area contributed by atoms with Gasteiger partial charge in [0.25, 0.3) is 0 Å². The zero-order valence-electron chi connectivity index (χ0n) is 12.2. The van der Waals surface area contributed by atoms with Crippen molar-refractivity contribution in [2.45, 2.75) is 6.61 Å². The van der Waals surface area contributed by atoms with Gasteiger partial charge in [-0.05, 0) is 40.3 Å². The number of carboxylic acid groups (broad SMARTS) is 1.